The monoisotopic (exact) mass is 302 g/mol. The summed E-state index contributed by atoms with van der Waals surface area (Å²) in [4.78, 5) is 11.3. The number of halogens is 1. The first-order valence-corrected chi connectivity index (χ1v) is 7.16. The quantitative estimate of drug-likeness (QED) is 0.890. The van der Waals surface area contributed by atoms with E-state index in [1.807, 2.05) is 36.4 Å². The van der Waals surface area contributed by atoms with Crippen molar-refractivity contribution in [2.45, 2.75) is 25.9 Å². The summed E-state index contributed by atoms with van der Waals surface area (Å²) < 4.78 is 0. The number of nitrogens with two attached hydrogens (primary N) is 1. The minimum Gasteiger partial charge on any atom is -0.368 e. The summed E-state index contributed by atoms with van der Waals surface area (Å²) in [7, 11) is 0. The molecule has 0 spiro atoms. The lowest BCUT2D eigenvalue weighted by Gasteiger charge is -2.22. The van der Waals surface area contributed by atoms with Crippen LogP contribution in [0.3, 0.4) is 0 Å². The van der Waals surface area contributed by atoms with E-state index in [9.17, 15) is 4.79 Å². The number of benzene rings is 2. The van der Waals surface area contributed by atoms with E-state index in [-0.39, 0.29) is 5.91 Å². The Morgan fingerprint density at radius 2 is 1.52 bits per heavy atom. The third kappa shape index (κ3) is 4.06. The van der Waals surface area contributed by atoms with E-state index in [1.54, 1.807) is 13.8 Å². The molecule has 0 saturated heterocycles. The fourth-order valence-corrected chi connectivity index (χ4v) is 1.99. The van der Waals surface area contributed by atoms with E-state index >= 15 is 0 Å². The molecule has 21 heavy (non-hydrogen) atoms. The maximum atomic E-state index is 11.3. The minimum atomic E-state index is -0.713. The number of primary amides is 1. The zero-order valence-corrected chi connectivity index (χ0v) is 12.9. The fourth-order valence-electron chi connectivity index (χ4n) is 1.87. The van der Waals surface area contributed by atoms with Crippen LogP contribution in [0.1, 0.15) is 19.4 Å². The Labute approximate surface area is 130 Å². The zero-order chi connectivity index (χ0) is 15.5. The molecule has 0 saturated carbocycles. The van der Waals surface area contributed by atoms with Crippen LogP contribution in [-0.4, -0.2) is 11.4 Å². The largest absolute Gasteiger partial charge is 0.368 e. The van der Waals surface area contributed by atoms with Crippen LogP contribution < -0.4 is 11.1 Å². The Hall–Kier alpha value is -1.84. The van der Waals surface area contributed by atoms with Crippen molar-refractivity contribution in [3.8, 4) is 11.1 Å². The number of hydrogen-bond acceptors (Lipinski definition) is 2. The van der Waals surface area contributed by atoms with Gasteiger partial charge in [-0.25, -0.2) is 0 Å². The molecule has 2 aromatic carbocycles. The standard InChI is InChI=1S/C17H19ClN2O/c1-17(2,16(19)21)20-11-12-3-5-13(6-4-12)14-7-9-15(18)10-8-14/h3-10,20H,11H2,1-2H3,(H2,19,21). The first kappa shape index (κ1) is 15.5. The average molecular weight is 303 g/mol. The van der Waals surface area contributed by atoms with Crippen LogP contribution >= 0.6 is 11.6 Å². The third-order valence-corrected chi connectivity index (χ3v) is 3.73. The average Bonchev–Trinajstić information content (AvgIpc) is 2.46. The van der Waals surface area contributed by atoms with Crippen molar-refractivity contribution in [2.75, 3.05) is 0 Å². The van der Waals surface area contributed by atoms with Gasteiger partial charge in [-0.15, -0.1) is 0 Å². The van der Waals surface area contributed by atoms with E-state index < -0.39 is 5.54 Å². The molecule has 3 nitrogen and oxygen atoms in total. The third-order valence-electron chi connectivity index (χ3n) is 3.48. The molecule has 0 unspecified atom stereocenters. The van der Waals surface area contributed by atoms with Gasteiger partial charge in [0.15, 0.2) is 0 Å². The maximum Gasteiger partial charge on any atom is 0.237 e. The summed E-state index contributed by atoms with van der Waals surface area (Å²) >= 11 is 5.89. The van der Waals surface area contributed by atoms with Crippen LogP contribution in [0.5, 0.6) is 0 Å². The van der Waals surface area contributed by atoms with Crippen molar-refractivity contribution in [3.05, 3.63) is 59.1 Å². The Morgan fingerprint density at radius 3 is 2.00 bits per heavy atom. The van der Waals surface area contributed by atoms with Gasteiger partial charge in [0.1, 0.15) is 0 Å². The Bertz CT molecular complexity index is 618. The minimum absolute atomic E-state index is 0.361. The van der Waals surface area contributed by atoms with Crippen molar-refractivity contribution in [2.24, 2.45) is 5.73 Å². The molecule has 110 valence electrons. The molecular weight excluding hydrogens is 284 g/mol. The highest BCUT2D eigenvalue weighted by Gasteiger charge is 2.23. The Balaban J connectivity index is 2.06. The van der Waals surface area contributed by atoms with Crippen LogP contribution in [0.15, 0.2) is 48.5 Å². The van der Waals surface area contributed by atoms with Gasteiger partial charge in [-0.2, -0.15) is 0 Å². The normalized spacial score (nSPS) is 11.4. The van der Waals surface area contributed by atoms with Gasteiger partial charge < -0.3 is 5.73 Å². The van der Waals surface area contributed by atoms with Crippen LogP contribution in [0.4, 0.5) is 0 Å². The summed E-state index contributed by atoms with van der Waals surface area (Å²) in [5.41, 5.74) is 7.97. The first-order chi connectivity index (χ1) is 9.88. The Morgan fingerprint density at radius 1 is 1.05 bits per heavy atom. The molecule has 0 fully saturated rings. The highest BCUT2D eigenvalue weighted by Crippen LogP contribution is 2.22. The van der Waals surface area contributed by atoms with E-state index in [1.165, 1.54) is 0 Å². The maximum absolute atomic E-state index is 11.3. The highest BCUT2D eigenvalue weighted by atomic mass is 35.5. The van der Waals surface area contributed by atoms with Crippen molar-refractivity contribution in [1.29, 1.82) is 0 Å². The molecular formula is C17H19ClN2O. The van der Waals surface area contributed by atoms with E-state index in [0.717, 1.165) is 21.7 Å². The molecule has 0 heterocycles. The van der Waals surface area contributed by atoms with Crippen molar-refractivity contribution >= 4 is 17.5 Å². The van der Waals surface area contributed by atoms with Gasteiger partial charge >= 0.3 is 0 Å². The second-order valence-corrected chi connectivity index (χ2v) is 5.98. The number of carbonyl (C=O) groups excluding carboxylic acids is 1. The van der Waals surface area contributed by atoms with Crippen LogP contribution in [0, 0.1) is 0 Å². The van der Waals surface area contributed by atoms with Gasteiger partial charge in [0.05, 0.1) is 5.54 Å². The van der Waals surface area contributed by atoms with Crippen LogP contribution in [0.25, 0.3) is 11.1 Å². The van der Waals surface area contributed by atoms with E-state index in [4.69, 9.17) is 17.3 Å². The molecule has 3 N–H and O–H groups in total. The number of hydrogen-bond donors (Lipinski definition) is 2. The molecule has 0 aliphatic heterocycles. The lowest BCUT2D eigenvalue weighted by atomic mass is 10.0. The Kier molecular flexibility index (Phi) is 4.66. The predicted octanol–water partition coefficient (Wildman–Crippen LogP) is 3.36. The smallest absolute Gasteiger partial charge is 0.237 e. The fraction of sp³-hybridized carbons (Fsp3) is 0.235. The summed E-state index contributed by atoms with van der Waals surface area (Å²) in [6.45, 7) is 4.14. The summed E-state index contributed by atoms with van der Waals surface area (Å²) in [6, 6.07) is 15.9. The van der Waals surface area contributed by atoms with E-state index in [2.05, 4.69) is 17.4 Å². The molecule has 0 bridgehead atoms. The topological polar surface area (TPSA) is 55.1 Å². The van der Waals surface area contributed by atoms with Gasteiger partial charge in [-0.1, -0.05) is 48.0 Å². The van der Waals surface area contributed by atoms with Gasteiger partial charge in [0.2, 0.25) is 5.91 Å². The molecule has 0 aromatic heterocycles. The van der Waals surface area contributed by atoms with Crippen molar-refractivity contribution < 1.29 is 4.79 Å². The summed E-state index contributed by atoms with van der Waals surface area (Å²) in [5.74, 6) is -0.361. The van der Waals surface area contributed by atoms with Crippen molar-refractivity contribution in [3.63, 3.8) is 0 Å². The summed E-state index contributed by atoms with van der Waals surface area (Å²) in [5, 5.41) is 3.88. The van der Waals surface area contributed by atoms with Crippen LogP contribution in [-0.2, 0) is 11.3 Å². The molecule has 2 rings (SSSR count). The van der Waals surface area contributed by atoms with E-state index in [0.29, 0.717) is 6.54 Å². The number of rotatable bonds is 5. The van der Waals surface area contributed by atoms with Gasteiger partial charge in [-0.05, 0) is 42.7 Å². The molecule has 2 aromatic rings. The first-order valence-electron chi connectivity index (χ1n) is 6.78. The molecule has 0 aliphatic carbocycles. The zero-order valence-electron chi connectivity index (χ0n) is 12.2. The van der Waals surface area contributed by atoms with Crippen molar-refractivity contribution in [1.82, 2.24) is 5.32 Å². The van der Waals surface area contributed by atoms with Gasteiger partial charge in [-0.3, -0.25) is 10.1 Å². The van der Waals surface area contributed by atoms with Crippen LogP contribution in [0.2, 0.25) is 5.02 Å². The molecule has 0 atom stereocenters. The number of amides is 1. The predicted molar refractivity (Wildman–Crippen MR) is 87.0 cm³/mol. The van der Waals surface area contributed by atoms with Gasteiger partial charge in [0, 0.05) is 11.6 Å². The second-order valence-electron chi connectivity index (χ2n) is 5.55. The lowest BCUT2D eigenvalue weighted by molar-refractivity contribution is -0.123. The molecule has 0 radical (unpaired) electrons. The number of nitrogens with one attached hydrogen (secondary N) is 1. The molecule has 1 amide bonds. The lowest BCUT2D eigenvalue weighted by Crippen LogP contribution is -2.50. The molecule has 4 heteroatoms. The number of carbonyl (C=O) groups is 1. The molecule has 0 aliphatic rings. The van der Waals surface area contributed by atoms with Gasteiger partial charge in [0.25, 0.3) is 0 Å². The second kappa shape index (κ2) is 6.29. The summed E-state index contributed by atoms with van der Waals surface area (Å²) in [6.07, 6.45) is 0. The SMILES string of the molecule is CC(C)(NCc1ccc(-c2ccc(Cl)cc2)cc1)C(N)=O. The highest BCUT2D eigenvalue weighted by molar-refractivity contribution is 6.30.